The first kappa shape index (κ1) is 18.6. The molecule has 0 spiro atoms. The van der Waals surface area contributed by atoms with Crippen molar-refractivity contribution in [3.8, 4) is 5.69 Å². The van der Waals surface area contributed by atoms with Crippen LogP contribution >= 0.6 is 35.0 Å². The van der Waals surface area contributed by atoms with Crippen LogP contribution in [0.25, 0.3) is 5.69 Å². The molecule has 0 fully saturated rings. The summed E-state index contributed by atoms with van der Waals surface area (Å²) in [6.07, 6.45) is 0. The van der Waals surface area contributed by atoms with E-state index in [1.54, 1.807) is 31.2 Å². The summed E-state index contributed by atoms with van der Waals surface area (Å²) in [5.41, 5.74) is 1.05. The van der Waals surface area contributed by atoms with Crippen LogP contribution in [0.5, 0.6) is 0 Å². The van der Waals surface area contributed by atoms with Crippen molar-refractivity contribution in [2.45, 2.75) is 17.3 Å². The van der Waals surface area contributed by atoms with Gasteiger partial charge in [0.25, 0.3) is 0 Å². The number of amides is 1. The van der Waals surface area contributed by atoms with Crippen molar-refractivity contribution in [3.05, 3.63) is 58.3 Å². The SMILES string of the molecule is CC(Sc1nnnn1-c1ccc(Cl)cc1)C(=O)Nc1ccc(F)cc1Cl. The Balaban J connectivity index is 1.72. The fourth-order valence-electron chi connectivity index (χ4n) is 2.03. The fourth-order valence-corrected chi connectivity index (χ4v) is 3.18. The number of anilines is 1. The topological polar surface area (TPSA) is 72.7 Å². The minimum absolute atomic E-state index is 0.126. The van der Waals surface area contributed by atoms with Crippen molar-refractivity contribution >= 4 is 46.6 Å². The second kappa shape index (κ2) is 8.03. The first-order chi connectivity index (χ1) is 12.4. The number of aromatic nitrogens is 4. The Bertz CT molecular complexity index is 935. The monoisotopic (exact) mass is 411 g/mol. The maximum atomic E-state index is 13.1. The number of benzene rings is 2. The van der Waals surface area contributed by atoms with E-state index in [0.29, 0.717) is 15.9 Å². The summed E-state index contributed by atoms with van der Waals surface area (Å²) < 4.78 is 14.6. The highest BCUT2D eigenvalue weighted by atomic mass is 35.5. The van der Waals surface area contributed by atoms with Crippen LogP contribution in [0.4, 0.5) is 10.1 Å². The highest BCUT2D eigenvalue weighted by Gasteiger charge is 2.20. The van der Waals surface area contributed by atoms with Crippen LogP contribution in [0.1, 0.15) is 6.92 Å². The van der Waals surface area contributed by atoms with Crippen molar-refractivity contribution in [1.82, 2.24) is 20.2 Å². The third kappa shape index (κ3) is 4.32. The smallest absolute Gasteiger partial charge is 0.237 e. The van der Waals surface area contributed by atoms with Gasteiger partial charge in [0.1, 0.15) is 5.82 Å². The van der Waals surface area contributed by atoms with Gasteiger partial charge in [0, 0.05) is 5.02 Å². The van der Waals surface area contributed by atoms with E-state index in [1.807, 2.05) is 0 Å². The van der Waals surface area contributed by atoms with Crippen molar-refractivity contribution in [2.24, 2.45) is 0 Å². The van der Waals surface area contributed by atoms with E-state index >= 15 is 0 Å². The van der Waals surface area contributed by atoms with Gasteiger partial charge in [-0.1, -0.05) is 35.0 Å². The molecule has 1 atom stereocenters. The molecule has 26 heavy (non-hydrogen) atoms. The van der Waals surface area contributed by atoms with E-state index in [1.165, 1.54) is 28.6 Å². The highest BCUT2D eigenvalue weighted by Crippen LogP contribution is 2.26. The van der Waals surface area contributed by atoms with Gasteiger partial charge < -0.3 is 5.32 Å². The predicted octanol–water partition coefficient (Wildman–Crippen LogP) is 4.23. The van der Waals surface area contributed by atoms with Crippen molar-refractivity contribution in [1.29, 1.82) is 0 Å². The summed E-state index contributed by atoms with van der Waals surface area (Å²) >= 11 is 13.0. The minimum atomic E-state index is -0.520. The van der Waals surface area contributed by atoms with Gasteiger partial charge in [-0.15, -0.1) is 5.10 Å². The summed E-state index contributed by atoms with van der Waals surface area (Å²) in [6.45, 7) is 1.71. The number of hydrogen-bond acceptors (Lipinski definition) is 5. The summed E-state index contributed by atoms with van der Waals surface area (Å²) in [5.74, 6) is -0.785. The Hall–Kier alpha value is -2.16. The lowest BCUT2D eigenvalue weighted by atomic mass is 10.3. The molecular formula is C16H12Cl2FN5OS. The van der Waals surface area contributed by atoms with Crippen molar-refractivity contribution in [3.63, 3.8) is 0 Å². The largest absolute Gasteiger partial charge is 0.324 e. The molecule has 0 aliphatic heterocycles. The van der Waals surface area contributed by atoms with Crippen LogP contribution < -0.4 is 5.32 Å². The van der Waals surface area contributed by atoms with E-state index in [9.17, 15) is 9.18 Å². The summed E-state index contributed by atoms with van der Waals surface area (Å²) in [6, 6.07) is 10.7. The lowest BCUT2D eigenvalue weighted by molar-refractivity contribution is -0.115. The lowest BCUT2D eigenvalue weighted by Gasteiger charge is -2.12. The van der Waals surface area contributed by atoms with E-state index in [4.69, 9.17) is 23.2 Å². The molecule has 1 N–H and O–H groups in total. The van der Waals surface area contributed by atoms with E-state index < -0.39 is 11.1 Å². The number of nitrogens with one attached hydrogen (secondary N) is 1. The Morgan fingerprint density at radius 1 is 1.23 bits per heavy atom. The molecule has 1 aromatic heterocycles. The van der Waals surface area contributed by atoms with Gasteiger partial charge in [-0.25, -0.2) is 4.39 Å². The van der Waals surface area contributed by atoms with Gasteiger partial charge in [0.15, 0.2) is 0 Å². The van der Waals surface area contributed by atoms with Crippen LogP contribution in [0.2, 0.25) is 10.0 Å². The molecule has 1 amide bonds. The van der Waals surface area contributed by atoms with Crippen LogP contribution in [0, 0.1) is 5.82 Å². The molecule has 0 saturated heterocycles. The van der Waals surface area contributed by atoms with E-state index in [2.05, 4.69) is 20.8 Å². The second-order valence-corrected chi connectivity index (χ2v) is 7.37. The average molecular weight is 412 g/mol. The molecule has 0 bridgehead atoms. The molecule has 0 aliphatic carbocycles. The third-order valence-electron chi connectivity index (χ3n) is 3.35. The van der Waals surface area contributed by atoms with Crippen molar-refractivity contribution < 1.29 is 9.18 Å². The zero-order chi connectivity index (χ0) is 18.7. The summed E-state index contributed by atoms with van der Waals surface area (Å²) in [7, 11) is 0. The van der Waals surface area contributed by atoms with E-state index in [-0.39, 0.29) is 10.9 Å². The molecule has 0 aliphatic rings. The van der Waals surface area contributed by atoms with Crippen LogP contribution in [-0.2, 0) is 4.79 Å². The average Bonchev–Trinajstić information content (AvgIpc) is 3.06. The van der Waals surface area contributed by atoms with Crippen molar-refractivity contribution in [2.75, 3.05) is 5.32 Å². The molecule has 2 aromatic carbocycles. The number of carbonyl (C=O) groups excluding carboxylic acids is 1. The number of nitrogens with zero attached hydrogens (tertiary/aromatic N) is 4. The molecule has 6 nitrogen and oxygen atoms in total. The van der Waals surface area contributed by atoms with Crippen LogP contribution in [-0.4, -0.2) is 31.4 Å². The molecule has 0 saturated carbocycles. The van der Waals surface area contributed by atoms with Gasteiger partial charge in [0.05, 0.1) is 21.6 Å². The quantitative estimate of drug-likeness (QED) is 0.635. The van der Waals surface area contributed by atoms with Crippen LogP contribution in [0.15, 0.2) is 47.6 Å². The first-order valence-electron chi connectivity index (χ1n) is 7.41. The number of tetrazole rings is 1. The molecule has 1 heterocycles. The molecule has 0 radical (unpaired) electrons. The van der Waals surface area contributed by atoms with Gasteiger partial charge >= 0.3 is 0 Å². The van der Waals surface area contributed by atoms with Gasteiger partial charge in [-0.3, -0.25) is 4.79 Å². The zero-order valence-electron chi connectivity index (χ0n) is 13.4. The molecule has 134 valence electrons. The number of hydrogen-bond donors (Lipinski definition) is 1. The fraction of sp³-hybridized carbons (Fsp3) is 0.125. The Labute approximate surface area is 162 Å². The summed E-state index contributed by atoms with van der Waals surface area (Å²) in [4.78, 5) is 12.4. The molecule has 10 heteroatoms. The number of carbonyl (C=O) groups is 1. The Morgan fingerprint density at radius 2 is 1.96 bits per heavy atom. The van der Waals surface area contributed by atoms with E-state index in [0.717, 1.165) is 11.8 Å². The van der Waals surface area contributed by atoms with Crippen LogP contribution in [0.3, 0.4) is 0 Å². The lowest BCUT2D eigenvalue weighted by Crippen LogP contribution is -2.23. The predicted molar refractivity (Wildman–Crippen MR) is 99.5 cm³/mol. The molecule has 3 aromatic rings. The minimum Gasteiger partial charge on any atom is -0.324 e. The normalized spacial score (nSPS) is 12.0. The first-order valence-corrected chi connectivity index (χ1v) is 9.04. The molecule has 1 unspecified atom stereocenters. The zero-order valence-corrected chi connectivity index (χ0v) is 15.7. The standard InChI is InChI=1S/C16H12Cl2FN5OS/c1-9(15(25)20-14-7-4-11(19)8-13(14)18)26-16-21-22-23-24(16)12-5-2-10(17)3-6-12/h2-9H,1H3,(H,20,25). The Kier molecular flexibility index (Phi) is 5.75. The third-order valence-corrected chi connectivity index (χ3v) is 4.95. The molecular weight excluding hydrogens is 400 g/mol. The Morgan fingerprint density at radius 3 is 2.65 bits per heavy atom. The summed E-state index contributed by atoms with van der Waals surface area (Å²) in [5, 5.41) is 14.8. The number of halogens is 3. The van der Waals surface area contributed by atoms with Gasteiger partial charge in [-0.2, -0.15) is 4.68 Å². The molecule has 3 rings (SSSR count). The van der Waals surface area contributed by atoms with Gasteiger partial charge in [0.2, 0.25) is 11.1 Å². The number of rotatable bonds is 5. The maximum Gasteiger partial charge on any atom is 0.237 e. The highest BCUT2D eigenvalue weighted by molar-refractivity contribution is 8.00. The second-order valence-electron chi connectivity index (χ2n) is 5.22. The number of thioether (sulfide) groups is 1. The maximum absolute atomic E-state index is 13.1. The van der Waals surface area contributed by atoms with Gasteiger partial charge in [-0.05, 0) is 59.8 Å².